The fourth-order valence-electron chi connectivity index (χ4n) is 3.72. The first kappa shape index (κ1) is 11.5. The molecule has 2 N–H and O–H groups in total. The third-order valence-electron chi connectivity index (χ3n) is 4.66. The van der Waals surface area contributed by atoms with Crippen molar-refractivity contribution in [2.75, 3.05) is 32.7 Å². The van der Waals surface area contributed by atoms with Gasteiger partial charge in [0, 0.05) is 19.6 Å². The summed E-state index contributed by atoms with van der Waals surface area (Å²) in [6.45, 7) is 4.88. The lowest BCUT2D eigenvalue weighted by molar-refractivity contribution is -0.134. The number of nitrogens with one attached hydrogen (secondary N) is 2. The van der Waals surface area contributed by atoms with Crippen molar-refractivity contribution in [2.24, 2.45) is 11.8 Å². The molecule has 4 heteroatoms. The average Bonchev–Trinajstić information content (AvgIpc) is 2.82. The third-order valence-corrected chi connectivity index (χ3v) is 4.66. The molecule has 1 aliphatic carbocycles. The molecule has 3 aliphatic rings. The number of hydrogen-bond acceptors (Lipinski definition) is 3. The standard InChI is InChI=1S/C13H23N3O/c17-13(16-7-2-5-14-6-8-16)12-11-4-1-3-10(11)9-15-12/h10-12,14-15H,1-9H2. The second-order valence-electron chi connectivity index (χ2n) is 5.67. The summed E-state index contributed by atoms with van der Waals surface area (Å²) in [5, 5.41) is 6.82. The topological polar surface area (TPSA) is 44.4 Å². The summed E-state index contributed by atoms with van der Waals surface area (Å²) in [7, 11) is 0. The Morgan fingerprint density at radius 3 is 3.00 bits per heavy atom. The first-order chi connectivity index (χ1) is 8.36. The second kappa shape index (κ2) is 4.94. The molecule has 0 radical (unpaired) electrons. The Bertz CT molecular complexity index is 286. The summed E-state index contributed by atoms with van der Waals surface area (Å²) >= 11 is 0. The minimum atomic E-state index is 0.126. The Kier molecular flexibility index (Phi) is 3.34. The van der Waals surface area contributed by atoms with Crippen LogP contribution in [0.25, 0.3) is 0 Å². The Hall–Kier alpha value is -0.610. The molecule has 1 amide bonds. The molecule has 0 bridgehead atoms. The Labute approximate surface area is 103 Å². The van der Waals surface area contributed by atoms with Gasteiger partial charge in [-0.25, -0.2) is 0 Å². The quantitative estimate of drug-likeness (QED) is 0.684. The van der Waals surface area contributed by atoms with Crippen LogP contribution in [0.15, 0.2) is 0 Å². The van der Waals surface area contributed by atoms with Crippen molar-refractivity contribution < 1.29 is 4.79 Å². The zero-order valence-electron chi connectivity index (χ0n) is 10.5. The van der Waals surface area contributed by atoms with Crippen LogP contribution < -0.4 is 10.6 Å². The maximum atomic E-state index is 12.5. The number of carbonyl (C=O) groups excluding carboxylic acids is 1. The van der Waals surface area contributed by atoms with Crippen LogP contribution in [0.3, 0.4) is 0 Å². The normalized spacial score (nSPS) is 37.9. The van der Waals surface area contributed by atoms with Gasteiger partial charge in [0.05, 0.1) is 6.04 Å². The molecule has 0 aromatic carbocycles. The van der Waals surface area contributed by atoms with Crippen LogP contribution in [0, 0.1) is 11.8 Å². The lowest BCUT2D eigenvalue weighted by Gasteiger charge is -2.26. The van der Waals surface area contributed by atoms with Crippen molar-refractivity contribution in [3.63, 3.8) is 0 Å². The van der Waals surface area contributed by atoms with Gasteiger partial charge in [-0.2, -0.15) is 0 Å². The van der Waals surface area contributed by atoms with E-state index in [4.69, 9.17) is 0 Å². The molecule has 0 aromatic heterocycles. The largest absolute Gasteiger partial charge is 0.340 e. The van der Waals surface area contributed by atoms with Crippen LogP contribution in [-0.2, 0) is 4.79 Å². The first-order valence-corrected chi connectivity index (χ1v) is 7.09. The molecule has 3 rings (SSSR count). The van der Waals surface area contributed by atoms with Crippen molar-refractivity contribution in [1.29, 1.82) is 0 Å². The van der Waals surface area contributed by atoms with Gasteiger partial charge in [-0.05, 0) is 44.2 Å². The van der Waals surface area contributed by atoms with Crippen LogP contribution in [0.1, 0.15) is 25.7 Å². The lowest BCUT2D eigenvalue weighted by Crippen LogP contribution is -2.47. The van der Waals surface area contributed by atoms with Crippen molar-refractivity contribution in [2.45, 2.75) is 31.7 Å². The smallest absolute Gasteiger partial charge is 0.240 e. The van der Waals surface area contributed by atoms with Gasteiger partial charge in [-0.3, -0.25) is 4.79 Å². The van der Waals surface area contributed by atoms with Crippen molar-refractivity contribution in [3.05, 3.63) is 0 Å². The van der Waals surface area contributed by atoms with E-state index in [1.807, 2.05) is 0 Å². The minimum absolute atomic E-state index is 0.126. The summed E-state index contributed by atoms with van der Waals surface area (Å²) in [5.41, 5.74) is 0. The van der Waals surface area contributed by atoms with Crippen molar-refractivity contribution >= 4 is 5.91 Å². The highest BCUT2D eigenvalue weighted by atomic mass is 16.2. The maximum Gasteiger partial charge on any atom is 0.240 e. The fourth-order valence-corrected chi connectivity index (χ4v) is 3.72. The molecule has 4 nitrogen and oxygen atoms in total. The van der Waals surface area contributed by atoms with Gasteiger partial charge in [0.15, 0.2) is 0 Å². The molecule has 96 valence electrons. The molecule has 3 fully saturated rings. The van der Waals surface area contributed by atoms with E-state index in [1.54, 1.807) is 0 Å². The van der Waals surface area contributed by atoms with Crippen LogP contribution in [0.2, 0.25) is 0 Å². The van der Waals surface area contributed by atoms with E-state index in [2.05, 4.69) is 15.5 Å². The molecule has 0 aromatic rings. The van der Waals surface area contributed by atoms with Crippen LogP contribution in [0.5, 0.6) is 0 Å². The molecule has 2 saturated heterocycles. The molecule has 1 saturated carbocycles. The highest BCUT2D eigenvalue weighted by Crippen LogP contribution is 2.38. The number of hydrogen-bond donors (Lipinski definition) is 2. The van der Waals surface area contributed by atoms with Gasteiger partial charge in [0.1, 0.15) is 0 Å². The number of carbonyl (C=O) groups is 1. The van der Waals surface area contributed by atoms with Gasteiger partial charge in [-0.1, -0.05) is 6.42 Å². The second-order valence-corrected chi connectivity index (χ2v) is 5.67. The predicted molar refractivity (Wildman–Crippen MR) is 66.7 cm³/mol. The van der Waals surface area contributed by atoms with E-state index in [1.165, 1.54) is 19.3 Å². The Morgan fingerprint density at radius 1 is 1.12 bits per heavy atom. The van der Waals surface area contributed by atoms with E-state index in [-0.39, 0.29) is 6.04 Å². The van der Waals surface area contributed by atoms with Gasteiger partial charge in [-0.15, -0.1) is 0 Å². The number of fused-ring (bicyclic) bond motifs is 1. The predicted octanol–water partition coefficient (Wildman–Crippen LogP) is 0.196. The molecular weight excluding hydrogens is 214 g/mol. The van der Waals surface area contributed by atoms with Crippen LogP contribution >= 0.6 is 0 Å². The number of nitrogens with zero attached hydrogens (tertiary/aromatic N) is 1. The van der Waals surface area contributed by atoms with Crippen LogP contribution in [0.4, 0.5) is 0 Å². The lowest BCUT2D eigenvalue weighted by atomic mass is 9.93. The fraction of sp³-hybridized carbons (Fsp3) is 0.923. The maximum absolute atomic E-state index is 12.5. The van der Waals surface area contributed by atoms with Gasteiger partial charge >= 0.3 is 0 Å². The van der Waals surface area contributed by atoms with Crippen molar-refractivity contribution in [3.8, 4) is 0 Å². The van der Waals surface area contributed by atoms with E-state index in [0.717, 1.165) is 45.1 Å². The summed E-state index contributed by atoms with van der Waals surface area (Å²) in [4.78, 5) is 14.6. The summed E-state index contributed by atoms with van der Waals surface area (Å²) < 4.78 is 0. The van der Waals surface area contributed by atoms with E-state index in [0.29, 0.717) is 11.8 Å². The average molecular weight is 237 g/mol. The van der Waals surface area contributed by atoms with Crippen LogP contribution in [-0.4, -0.2) is 49.6 Å². The van der Waals surface area contributed by atoms with Crippen molar-refractivity contribution in [1.82, 2.24) is 15.5 Å². The molecule has 0 spiro atoms. The zero-order chi connectivity index (χ0) is 11.7. The third kappa shape index (κ3) is 2.20. The summed E-state index contributed by atoms with van der Waals surface area (Å²) in [6, 6.07) is 0.126. The highest BCUT2D eigenvalue weighted by molar-refractivity contribution is 5.82. The zero-order valence-corrected chi connectivity index (χ0v) is 10.5. The first-order valence-electron chi connectivity index (χ1n) is 7.09. The Balaban J connectivity index is 1.64. The highest BCUT2D eigenvalue weighted by Gasteiger charge is 2.43. The number of amides is 1. The number of rotatable bonds is 1. The van der Waals surface area contributed by atoms with E-state index < -0.39 is 0 Å². The monoisotopic (exact) mass is 237 g/mol. The van der Waals surface area contributed by atoms with E-state index >= 15 is 0 Å². The van der Waals surface area contributed by atoms with Gasteiger partial charge < -0.3 is 15.5 Å². The summed E-state index contributed by atoms with van der Waals surface area (Å²) in [5.74, 6) is 1.76. The Morgan fingerprint density at radius 2 is 2.06 bits per heavy atom. The summed E-state index contributed by atoms with van der Waals surface area (Å²) in [6.07, 6.45) is 4.98. The molecule has 3 unspecified atom stereocenters. The minimum Gasteiger partial charge on any atom is -0.340 e. The molecule has 17 heavy (non-hydrogen) atoms. The molecule has 2 aliphatic heterocycles. The van der Waals surface area contributed by atoms with Gasteiger partial charge in [0.25, 0.3) is 0 Å². The SMILES string of the molecule is O=C(C1NCC2CCCC21)N1CCCNCC1. The van der Waals surface area contributed by atoms with Gasteiger partial charge in [0.2, 0.25) is 5.91 Å². The van der Waals surface area contributed by atoms with E-state index in [9.17, 15) is 4.79 Å². The molecular formula is C13H23N3O. The molecule has 3 atom stereocenters. The molecule has 2 heterocycles.